The molecule has 6 nitrogen and oxygen atoms in total. The first-order valence-electron chi connectivity index (χ1n) is 7.39. The van der Waals surface area contributed by atoms with Gasteiger partial charge in [0.2, 0.25) is 5.95 Å². The van der Waals surface area contributed by atoms with E-state index in [2.05, 4.69) is 33.9 Å². The van der Waals surface area contributed by atoms with Gasteiger partial charge in [0.15, 0.2) is 0 Å². The van der Waals surface area contributed by atoms with E-state index in [9.17, 15) is 0 Å². The van der Waals surface area contributed by atoms with Gasteiger partial charge in [-0.3, -0.25) is 4.90 Å². The number of nitrogens with zero attached hydrogens (tertiary/aromatic N) is 5. The van der Waals surface area contributed by atoms with Gasteiger partial charge in [0.1, 0.15) is 0 Å². The molecule has 1 saturated heterocycles. The summed E-state index contributed by atoms with van der Waals surface area (Å²) in [6.07, 6.45) is 5.30. The van der Waals surface area contributed by atoms with Crippen molar-refractivity contribution in [3.05, 3.63) is 18.0 Å². The molecule has 1 aromatic rings. The van der Waals surface area contributed by atoms with Gasteiger partial charge in [-0.25, -0.2) is 9.97 Å². The molecule has 2 heterocycles. The van der Waals surface area contributed by atoms with Crippen LogP contribution in [0.4, 0.5) is 5.95 Å². The minimum absolute atomic E-state index is 0.371. The normalized spacial score (nSPS) is 23.0. The van der Waals surface area contributed by atoms with Crippen LogP contribution in [0.1, 0.15) is 12.0 Å². The Kier molecular flexibility index (Phi) is 5.50. The van der Waals surface area contributed by atoms with E-state index in [1.807, 2.05) is 31.4 Å². The summed E-state index contributed by atoms with van der Waals surface area (Å²) in [7, 11) is 10.0. The fraction of sp³-hybridized carbons (Fsp3) is 0.733. The maximum Gasteiger partial charge on any atom is 0.224 e. The van der Waals surface area contributed by atoms with Gasteiger partial charge in [0.25, 0.3) is 0 Å². The van der Waals surface area contributed by atoms with Crippen LogP contribution in [-0.4, -0.2) is 80.3 Å². The van der Waals surface area contributed by atoms with Crippen LogP contribution < -0.4 is 4.90 Å². The van der Waals surface area contributed by atoms with E-state index in [0.29, 0.717) is 12.1 Å². The van der Waals surface area contributed by atoms with Gasteiger partial charge in [0.05, 0.1) is 6.10 Å². The molecule has 118 valence electrons. The minimum atomic E-state index is 0.371. The van der Waals surface area contributed by atoms with E-state index in [0.717, 1.165) is 37.6 Å². The number of ether oxygens (including phenoxy) is 1. The monoisotopic (exact) mass is 293 g/mol. The lowest BCUT2D eigenvalue weighted by Crippen LogP contribution is -2.36. The molecule has 0 saturated carbocycles. The smallest absolute Gasteiger partial charge is 0.224 e. The van der Waals surface area contributed by atoms with E-state index < -0.39 is 0 Å². The van der Waals surface area contributed by atoms with E-state index in [4.69, 9.17) is 4.74 Å². The predicted molar refractivity (Wildman–Crippen MR) is 84.5 cm³/mol. The van der Waals surface area contributed by atoms with Gasteiger partial charge >= 0.3 is 0 Å². The molecule has 1 aliphatic rings. The lowest BCUT2D eigenvalue weighted by atomic mass is 10.2. The summed E-state index contributed by atoms with van der Waals surface area (Å²) in [4.78, 5) is 15.3. The SMILES string of the molecule is CO[C@H]1C[C@@H](CN(C)Cc2cnc(N(C)C)nc2)N(C)C1. The van der Waals surface area contributed by atoms with Crippen LogP contribution in [0.15, 0.2) is 12.4 Å². The number of likely N-dealkylation sites (tertiary alicyclic amines) is 1. The number of hydrogen-bond acceptors (Lipinski definition) is 6. The van der Waals surface area contributed by atoms with Crippen molar-refractivity contribution in [1.29, 1.82) is 0 Å². The molecule has 0 spiro atoms. The van der Waals surface area contributed by atoms with E-state index in [1.165, 1.54) is 0 Å². The van der Waals surface area contributed by atoms with Crippen molar-refractivity contribution in [3.63, 3.8) is 0 Å². The first kappa shape index (κ1) is 16.1. The van der Waals surface area contributed by atoms with Crippen molar-refractivity contribution in [2.75, 3.05) is 53.3 Å². The molecule has 0 amide bonds. The molecule has 1 aliphatic heterocycles. The highest BCUT2D eigenvalue weighted by atomic mass is 16.5. The molecule has 0 radical (unpaired) electrons. The third kappa shape index (κ3) is 4.36. The van der Waals surface area contributed by atoms with Crippen LogP contribution in [0.2, 0.25) is 0 Å². The maximum atomic E-state index is 5.46. The van der Waals surface area contributed by atoms with Crippen molar-refractivity contribution in [3.8, 4) is 0 Å². The Labute approximate surface area is 127 Å². The Morgan fingerprint density at radius 2 is 1.95 bits per heavy atom. The lowest BCUT2D eigenvalue weighted by Gasteiger charge is -2.25. The molecular weight excluding hydrogens is 266 g/mol. The maximum absolute atomic E-state index is 5.46. The third-order valence-corrected chi connectivity index (χ3v) is 4.05. The van der Waals surface area contributed by atoms with Crippen molar-refractivity contribution < 1.29 is 4.74 Å². The van der Waals surface area contributed by atoms with Crippen LogP contribution in [0.25, 0.3) is 0 Å². The van der Waals surface area contributed by atoms with Crippen molar-refractivity contribution in [2.45, 2.75) is 25.1 Å². The second-order valence-corrected chi connectivity index (χ2v) is 6.17. The topological polar surface area (TPSA) is 44.7 Å². The Bertz CT molecular complexity index is 436. The lowest BCUT2D eigenvalue weighted by molar-refractivity contribution is 0.111. The highest BCUT2D eigenvalue weighted by Gasteiger charge is 2.29. The fourth-order valence-electron chi connectivity index (χ4n) is 2.81. The molecule has 2 rings (SSSR count). The van der Waals surface area contributed by atoms with Crippen molar-refractivity contribution in [2.24, 2.45) is 0 Å². The molecular formula is C15H27N5O. The summed E-state index contributed by atoms with van der Waals surface area (Å²) < 4.78 is 5.46. The summed E-state index contributed by atoms with van der Waals surface area (Å²) in [5, 5.41) is 0. The summed E-state index contributed by atoms with van der Waals surface area (Å²) in [5.41, 5.74) is 1.15. The molecule has 0 unspecified atom stereocenters. The van der Waals surface area contributed by atoms with Crippen LogP contribution in [0.3, 0.4) is 0 Å². The van der Waals surface area contributed by atoms with Gasteiger partial charge < -0.3 is 14.5 Å². The number of hydrogen-bond donors (Lipinski definition) is 0. The second kappa shape index (κ2) is 7.15. The summed E-state index contributed by atoms with van der Waals surface area (Å²) in [6.45, 7) is 2.93. The molecule has 0 N–H and O–H groups in total. The van der Waals surface area contributed by atoms with Crippen LogP contribution in [-0.2, 0) is 11.3 Å². The zero-order valence-electron chi connectivity index (χ0n) is 13.8. The third-order valence-electron chi connectivity index (χ3n) is 4.05. The Morgan fingerprint density at radius 1 is 1.29 bits per heavy atom. The van der Waals surface area contributed by atoms with E-state index in [1.54, 1.807) is 7.11 Å². The van der Waals surface area contributed by atoms with Crippen LogP contribution in [0, 0.1) is 0 Å². The molecule has 0 aliphatic carbocycles. The Balaban J connectivity index is 1.85. The average Bonchev–Trinajstić information content (AvgIpc) is 2.80. The van der Waals surface area contributed by atoms with Gasteiger partial charge in [-0.1, -0.05) is 0 Å². The average molecular weight is 293 g/mol. The zero-order chi connectivity index (χ0) is 15.4. The quantitative estimate of drug-likeness (QED) is 0.769. The van der Waals surface area contributed by atoms with Crippen molar-refractivity contribution in [1.82, 2.24) is 19.8 Å². The number of likely N-dealkylation sites (N-methyl/N-ethyl adjacent to an activating group) is 2. The van der Waals surface area contributed by atoms with Crippen molar-refractivity contribution >= 4 is 5.95 Å². The minimum Gasteiger partial charge on any atom is -0.380 e. The summed E-state index contributed by atoms with van der Waals surface area (Å²) in [6, 6.07) is 0.557. The highest BCUT2D eigenvalue weighted by Crippen LogP contribution is 2.19. The summed E-state index contributed by atoms with van der Waals surface area (Å²) >= 11 is 0. The van der Waals surface area contributed by atoms with Gasteiger partial charge in [-0.2, -0.15) is 0 Å². The summed E-state index contributed by atoms with van der Waals surface area (Å²) in [5.74, 6) is 0.750. The molecule has 1 fully saturated rings. The standard InChI is InChI=1S/C15H27N5O/c1-18(2)15-16-7-12(8-17-15)9-19(3)10-13-6-14(21-5)11-20(13)4/h7-8,13-14H,6,9-11H2,1-5H3/t13-,14-/m0/s1. The molecule has 0 bridgehead atoms. The van der Waals surface area contributed by atoms with E-state index in [-0.39, 0.29) is 0 Å². The Hall–Kier alpha value is -1.24. The van der Waals surface area contributed by atoms with Gasteiger partial charge in [-0.15, -0.1) is 0 Å². The van der Waals surface area contributed by atoms with Crippen LogP contribution >= 0.6 is 0 Å². The molecule has 2 atom stereocenters. The largest absolute Gasteiger partial charge is 0.380 e. The number of anilines is 1. The van der Waals surface area contributed by atoms with Gasteiger partial charge in [-0.05, 0) is 20.5 Å². The second-order valence-electron chi connectivity index (χ2n) is 6.17. The van der Waals surface area contributed by atoms with Gasteiger partial charge in [0, 0.05) is 64.8 Å². The van der Waals surface area contributed by atoms with E-state index >= 15 is 0 Å². The number of aromatic nitrogens is 2. The highest BCUT2D eigenvalue weighted by molar-refractivity contribution is 5.26. The fourth-order valence-corrected chi connectivity index (χ4v) is 2.81. The number of methoxy groups -OCH3 is 1. The molecule has 0 aromatic carbocycles. The molecule has 1 aromatic heterocycles. The van der Waals surface area contributed by atoms with Crippen LogP contribution in [0.5, 0.6) is 0 Å². The first-order valence-corrected chi connectivity index (χ1v) is 7.39. The zero-order valence-corrected chi connectivity index (χ0v) is 13.8. The Morgan fingerprint density at radius 3 is 2.48 bits per heavy atom. The molecule has 21 heavy (non-hydrogen) atoms. The molecule has 6 heteroatoms. The predicted octanol–water partition coefficient (Wildman–Crippen LogP) is 0.694. The number of rotatable bonds is 6. The first-order chi connectivity index (χ1) is 9.99.